The highest BCUT2D eigenvalue weighted by atomic mass is 32.2. The van der Waals surface area contributed by atoms with E-state index >= 15 is 0 Å². The molecule has 1 aliphatic carbocycles. The fourth-order valence-electron chi connectivity index (χ4n) is 2.32. The summed E-state index contributed by atoms with van der Waals surface area (Å²) < 4.78 is 13.4. The van der Waals surface area contributed by atoms with E-state index in [4.69, 9.17) is 0 Å². The van der Waals surface area contributed by atoms with Crippen molar-refractivity contribution in [3.05, 3.63) is 34.1 Å². The molecule has 1 fully saturated rings. The van der Waals surface area contributed by atoms with E-state index < -0.39 is 16.4 Å². The van der Waals surface area contributed by atoms with Gasteiger partial charge in [-0.1, -0.05) is 6.07 Å². The standard InChI is InChI=1S/C12H15FN2O2S/c1-18-9-6-5-8(7-9)14-11-4-2-3-10(13)12(11)15(16)17/h2-4,8-9,14H,5-7H2,1H3. The van der Waals surface area contributed by atoms with Gasteiger partial charge >= 0.3 is 5.69 Å². The van der Waals surface area contributed by atoms with Crippen LogP contribution >= 0.6 is 11.8 Å². The Bertz CT molecular complexity index is 456. The van der Waals surface area contributed by atoms with Gasteiger partial charge in [-0.25, -0.2) is 0 Å². The molecule has 0 bridgehead atoms. The summed E-state index contributed by atoms with van der Waals surface area (Å²) >= 11 is 1.81. The van der Waals surface area contributed by atoms with E-state index in [2.05, 4.69) is 11.6 Å². The van der Waals surface area contributed by atoms with Crippen molar-refractivity contribution in [1.82, 2.24) is 0 Å². The van der Waals surface area contributed by atoms with Crippen molar-refractivity contribution in [3.8, 4) is 0 Å². The third-order valence-corrected chi connectivity index (χ3v) is 4.34. The number of nitro benzene ring substituents is 1. The molecule has 1 saturated carbocycles. The minimum atomic E-state index is -0.788. The first kappa shape index (κ1) is 13.1. The van der Waals surface area contributed by atoms with Gasteiger partial charge in [-0.2, -0.15) is 16.2 Å². The number of nitro groups is 1. The Morgan fingerprint density at radius 2 is 2.28 bits per heavy atom. The second-order valence-corrected chi connectivity index (χ2v) is 5.54. The second kappa shape index (κ2) is 5.56. The largest absolute Gasteiger partial charge is 0.377 e. The van der Waals surface area contributed by atoms with Crippen LogP contribution in [0.1, 0.15) is 19.3 Å². The zero-order chi connectivity index (χ0) is 13.1. The number of benzene rings is 1. The highest BCUT2D eigenvalue weighted by Gasteiger charge is 2.27. The van der Waals surface area contributed by atoms with Gasteiger partial charge in [0.25, 0.3) is 0 Å². The van der Waals surface area contributed by atoms with Gasteiger partial charge in [0, 0.05) is 11.3 Å². The predicted molar refractivity (Wildman–Crippen MR) is 71.6 cm³/mol. The minimum absolute atomic E-state index is 0.197. The molecule has 98 valence electrons. The van der Waals surface area contributed by atoms with Gasteiger partial charge in [-0.3, -0.25) is 10.1 Å². The molecule has 6 heteroatoms. The lowest BCUT2D eigenvalue weighted by molar-refractivity contribution is -0.386. The van der Waals surface area contributed by atoms with Gasteiger partial charge in [0.2, 0.25) is 5.82 Å². The quantitative estimate of drug-likeness (QED) is 0.672. The molecule has 0 radical (unpaired) electrons. The first-order valence-corrected chi connectivity index (χ1v) is 7.13. The predicted octanol–water partition coefficient (Wildman–Crippen LogP) is 3.43. The zero-order valence-corrected chi connectivity index (χ0v) is 10.9. The SMILES string of the molecule is CSC1CCC(Nc2cccc(F)c2[N+](=O)[O-])C1. The van der Waals surface area contributed by atoms with Crippen LogP contribution in [0.3, 0.4) is 0 Å². The maximum atomic E-state index is 13.4. The molecule has 1 aromatic carbocycles. The van der Waals surface area contributed by atoms with Crippen LogP contribution in [0.15, 0.2) is 18.2 Å². The highest BCUT2D eigenvalue weighted by molar-refractivity contribution is 7.99. The number of hydrogen-bond acceptors (Lipinski definition) is 4. The fraction of sp³-hybridized carbons (Fsp3) is 0.500. The fourth-order valence-corrected chi connectivity index (χ4v) is 3.12. The number of hydrogen-bond donors (Lipinski definition) is 1. The van der Waals surface area contributed by atoms with E-state index in [0.717, 1.165) is 25.3 Å². The minimum Gasteiger partial charge on any atom is -0.377 e. The molecule has 1 N–H and O–H groups in total. The summed E-state index contributed by atoms with van der Waals surface area (Å²) in [6.07, 6.45) is 5.10. The molecule has 0 heterocycles. The van der Waals surface area contributed by atoms with Crippen molar-refractivity contribution in [2.24, 2.45) is 0 Å². The summed E-state index contributed by atoms with van der Waals surface area (Å²) in [6.45, 7) is 0. The summed E-state index contributed by atoms with van der Waals surface area (Å²) in [7, 11) is 0. The third kappa shape index (κ3) is 2.75. The molecule has 1 aromatic rings. The van der Waals surface area contributed by atoms with Gasteiger partial charge in [0.15, 0.2) is 0 Å². The van der Waals surface area contributed by atoms with Crippen LogP contribution in [0, 0.1) is 15.9 Å². The van der Waals surface area contributed by atoms with Gasteiger partial charge in [-0.15, -0.1) is 0 Å². The number of anilines is 1. The first-order valence-electron chi connectivity index (χ1n) is 5.84. The lowest BCUT2D eigenvalue weighted by atomic mass is 10.2. The Kier molecular flexibility index (Phi) is 4.06. The lowest BCUT2D eigenvalue weighted by Crippen LogP contribution is -2.17. The van der Waals surface area contributed by atoms with E-state index in [9.17, 15) is 14.5 Å². The molecular weight excluding hydrogens is 255 g/mol. The van der Waals surface area contributed by atoms with E-state index in [0.29, 0.717) is 5.25 Å². The molecule has 18 heavy (non-hydrogen) atoms. The molecular formula is C12H15FN2O2S. The number of nitrogens with one attached hydrogen (secondary N) is 1. The number of nitrogens with zero attached hydrogens (tertiary/aromatic N) is 1. The Morgan fingerprint density at radius 1 is 1.50 bits per heavy atom. The van der Waals surface area contributed by atoms with E-state index in [1.165, 1.54) is 6.07 Å². The van der Waals surface area contributed by atoms with Crippen molar-refractivity contribution in [2.75, 3.05) is 11.6 Å². The Morgan fingerprint density at radius 3 is 2.89 bits per heavy atom. The maximum Gasteiger partial charge on any atom is 0.327 e. The van der Waals surface area contributed by atoms with Crippen LogP contribution < -0.4 is 5.32 Å². The third-order valence-electron chi connectivity index (χ3n) is 3.25. The molecule has 0 aromatic heterocycles. The monoisotopic (exact) mass is 270 g/mol. The van der Waals surface area contributed by atoms with Gasteiger partial charge in [-0.05, 0) is 37.7 Å². The van der Waals surface area contributed by atoms with Gasteiger partial charge in [0.1, 0.15) is 5.69 Å². The van der Waals surface area contributed by atoms with Crippen molar-refractivity contribution in [3.63, 3.8) is 0 Å². The number of halogens is 1. The molecule has 4 nitrogen and oxygen atoms in total. The Balaban J connectivity index is 2.15. The van der Waals surface area contributed by atoms with Gasteiger partial charge < -0.3 is 5.32 Å². The van der Waals surface area contributed by atoms with E-state index in [1.54, 1.807) is 6.07 Å². The summed E-state index contributed by atoms with van der Waals surface area (Å²) in [5, 5.41) is 14.6. The number of thioether (sulfide) groups is 1. The molecule has 1 aliphatic rings. The average Bonchev–Trinajstić information content (AvgIpc) is 2.76. The maximum absolute atomic E-state index is 13.4. The van der Waals surface area contributed by atoms with Crippen LogP contribution in [0.25, 0.3) is 0 Å². The summed E-state index contributed by atoms with van der Waals surface area (Å²) in [6, 6.07) is 4.37. The topological polar surface area (TPSA) is 55.2 Å². The summed E-state index contributed by atoms with van der Waals surface area (Å²) in [4.78, 5) is 10.2. The number of para-hydroxylation sites is 1. The summed E-state index contributed by atoms with van der Waals surface area (Å²) in [5.41, 5.74) is -0.170. The van der Waals surface area contributed by atoms with Crippen molar-refractivity contribution >= 4 is 23.1 Å². The van der Waals surface area contributed by atoms with Gasteiger partial charge in [0.05, 0.1) is 4.92 Å². The highest BCUT2D eigenvalue weighted by Crippen LogP contribution is 2.33. The van der Waals surface area contributed by atoms with E-state index in [-0.39, 0.29) is 11.7 Å². The zero-order valence-electron chi connectivity index (χ0n) is 10.1. The van der Waals surface area contributed by atoms with E-state index in [1.807, 2.05) is 11.8 Å². The van der Waals surface area contributed by atoms with Crippen LogP contribution in [0.5, 0.6) is 0 Å². The molecule has 2 rings (SSSR count). The first-order chi connectivity index (χ1) is 8.61. The Hall–Kier alpha value is -1.30. The molecule has 0 saturated heterocycles. The second-order valence-electron chi connectivity index (χ2n) is 4.41. The molecule has 0 amide bonds. The van der Waals surface area contributed by atoms with Crippen LogP contribution in [-0.4, -0.2) is 22.5 Å². The van der Waals surface area contributed by atoms with Crippen molar-refractivity contribution in [2.45, 2.75) is 30.6 Å². The van der Waals surface area contributed by atoms with Crippen LogP contribution in [0.2, 0.25) is 0 Å². The normalized spacial score (nSPS) is 23.0. The van der Waals surface area contributed by atoms with Crippen molar-refractivity contribution < 1.29 is 9.31 Å². The Labute approximate surface area is 109 Å². The average molecular weight is 270 g/mol. The number of rotatable bonds is 4. The lowest BCUT2D eigenvalue weighted by Gasteiger charge is -2.14. The van der Waals surface area contributed by atoms with Crippen LogP contribution in [-0.2, 0) is 0 Å². The molecule has 0 aliphatic heterocycles. The van der Waals surface area contributed by atoms with Crippen LogP contribution in [0.4, 0.5) is 15.8 Å². The molecule has 2 unspecified atom stereocenters. The molecule has 2 atom stereocenters. The smallest absolute Gasteiger partial charge is 0.327 e. The summed E-state index contributed by atoms with van der Waals surface area (Å²) in [5.74, 6) is -0.788. The van der Waals surface area contributed by atoms with Crippen molar-refractivity contribution in [1.29, 1.82) is 0 Å². The molecule has 0 spiro atoms.